The van der Waals surface area contributed by atoms with Crippen LogP contribution in [0.2, 0.25) is 0 Å². The van der Waals surface area contributed by atoms with Gasteiger partial charge in [0.15, 0.2) is 0 Å². The van der Waals surface area contributed by atoms with Crippen LogP contribution in [0.25, 0.3) is 0 Å². The van der Waals surface area contributed by atoms with E-state index in [1.54, 1.807) is 11.0 Å². The SMILES string of the molecule is Cc1ccc(OC2CCN(C(=O)NC(C)(C)C)C2)nn1. The molecule has 2 rings (SSSR count). The number of nitrogens with zero attached hydrogens (tertiary/aromatic N) is 3. The molecule has 1 atom stereocenters. The van der Waals surface area contributed by atoms with Gasteiger partial charge in [-0.1, -0.05) is 0 Å². The minimum absolute atomic E-state index is 0.0160. The molecule has 0 spiro atoms. The standard InChI is InChI=1S/C14H22N4O2/c1-10-5-6-12(17-16-10)20-11-7-8-18(9-11)13(19)15-14(2,3)4/h5-6,11H,7-9H2,1-4H3,(H,15,19). The predicted molar refractivity (Wildman–Crippen MR) is 75.7 cm³/mol. The summed E-state index contributed by atoms with van der Waals surface area (Å²) < 4.78 is 5.75. The van der Waals surface area contributed by atoms with Crippen molar-refractivity contribution in [1.29, 1.82) is 0 Å². The molecule has 0 aliphatic carbocycles. The Morgan fingerprint density at radius 2 is 2.15 bits per heavy atom. The highest BCUT2D eigenvalue weighted by Gasteiger charge is 2.29. The number of carbonyl (C=O) groups is 1. The number of amides is 2. The normalized spacial score (nSPS) is 19.0. The molecule has 0 saturated carbocycles. The molecule has 6 heteroatoms. The van der Waals surface area contributed by atoms with Gasteiger partial charge < -0.3 is 15.0 Å². The molecule has 1 aliphatic heterocycles. The smallest absolute Gasteiger partial charge is 0.317 e. The fourth-order valence-electron chi connectivity index (χ4n) is 2.03. The van der Waals surface area contributed by atoms with Crippen LogP contribution >= 0.6 is 0 Å². The van der Waals surface area contributed by atoms with E-state index in [2.05, 4.69) is 15.5 Å². The van der Waals surface area contributed by atoms with Crippen molar-refractivity contribution in [2.75, 3.05) is 13.1 Å². The average molecular weight is 278 g/mol. The minimum Gasteiger partial charge on any atom is -0.471 e. The lowest BCUT2D eigenvalue weighted by molar-refractivity contribution is 0.177. The van der Waals surface area contributed by atoms with E-state index >= 15 is 0 Å². The van der Waals surface area contributed by atoms with Crippen molar-refractivity contribution in [3.05, 3.63) is 17.8 Å². The van der Waals surface area contributed by atoms with E-state index in [1.165, 1.54) is 0 Å². The first kappa shape index (κ1) is 14.6. The third-order valence-corrected chi connectivity index (χ3v) is 2.97. The first-order valence-electron chi connectivity index (χ1n) is 6.87. The molecular formula is C14H22N4O2. The van der Waals surface area contributed by atoms with Crippen molar-refractivity contribution in [2.24, 2.45) is 0 Å². The van der Waals surface area contributed by atoms with Crippen LogP contribution in [0, 0.1) is 6.92 Å². The first-order chi connectivity index (χ1) is 9.33. The van der Waals surface area contributed by atoms with Gasteiger partial charge in [-0.15, -0.1) is 5.10 Å². The average Bonchev–Trinajstić information content (AvgIpc) is 2.79. The molecule has 2 amide bonds. The number of ether oxygens (including phenoxy) is 1. The quantitative estimate of drug-likeness (QED) is 0.895. The predicted octanol–water partition coefficient (Wildman–Crippen LogP) is 1.75. The van der Waals surface area contributed by atoms with Gasteiger partial charge in [0.05, 0.1) is 12.2 Å². The Bertz CT molecular complexity index is 467. The Labute approximate surface area is 119 Å². The van der Waals surface area contributed by atoms with Gasteiger partial charge >= 0.3 is 6.03 Å². The summed E-state index contributed by atoms with van der Waals surface area (Å²) in [6.45, 7) is 9.07. The van der Waals surface area contributed by atoms with E-state index in [4.69, 9.17) is 4.74 Å². The van der Waals surface area contributed by atoms with Crippen molar-refractivity contribution in [3.8, 4) is 5.88 Å². The van der Waals surface area contributed by atoms with Crippen LogP contribution in [0.3, 0.4) is 0 Å². The third kappa shape index (κ3) is 4.08. The van der Waals surface area contributed by atoms with Gasteiger partial charge in [0.25, 0.3) is 0 Å². The Morgan fingerprint density at radius 3 is 2.75 bits per heavy atom. The van der Waals surface area contributed by atoms with Crippen LogP contribution in [-0.4, -0.2) is 45.9 Å². The van der Waals surface area contributed by atoms with E-state index in [0.29, 0.717) is 19.0 Å². The monoisotopic (exact) mass is 278 g/mol. The number of hydrogen-bond donors (Lipinski definition) is 1. The van der Waals surface area contributed by atoms with E-state index in [9.17, 15) is 4.79 Å². The van der Waals surface area contributed by atoms with Crippen LogP contribution in [0.5, 0.6) is 5.88 Å². The number of aromatic nitrogens is 2. The van der Waals surface area contributed by atoms with Crippen LogP contribution in [0.15, 0.2) is 12.1 Å². The second-order valence-electron chi connectivity index (χ2n) is 6.17. The zero-order valence-corrected chi connectivity index (χ0v) is 12.5. The highest BCUT2D eigenvalue weighted by atomic mass is 16.5. The zero-order valence-electron chi connectivity index (χ0n) is 12.5. The summed E-state index contributed by atoms with van der Waals surface area (Å²) in [5.41, 5.74) is 0.633. The number of nitrogens with one attached hydrogen (secondary N) is 1. The van der Waals surface area contributed by atoms with E-state index in [-0.39, 0.29) is 17.7 Å². The molecule has 1 unspecified atom stereocenters. The van der Waals surface area contributed by atoms with Crippen molar-refractivity contribution in [1.82, 2.24) is 20.4 Å². The summed E-state index contributed by atoms with van der Waals surface area (Å²) in [4.78, 5) is 13.8. The first-order valence-corrected chi connectivity index (χ1v) is 6.87. The van der Waals surface area contributed by atoms with Crippen molar-refractivity contribution < 1.29 is 9.53 Å². The van der Waals surface area contributed by atoms with E-state index in [0.717, 1.165) is 12.1 Å². The van der Waals surface area contributed by atoms with E-state index < -0.39 is 0 Å². The molecule has 2 heterocycles. The Hall–Kier alpha value is -1.85. The van der Waals surface area contributed by atoms with Crippen LogP contribution in [0.4, 0.5) is 4.79 Å². The maximum absolute atomic E-state index is 12.0. The van der Waals surface area contributed by atoms with E-state index in [1.807, 2.05) is 33.8 Å². The maximum atomic E-state index is 12.0. The molecule has 110 valence electrons. The summed E-state index contributed by atoms with van der Waals surface area (Å²) in [7, 11) is 0. The lowest BCUT2D eigenvalue weighted by Gasteiger charge is -2.25. The molecule has 1 N–H and O–H groups in total. The summed E-state index contributed by atoms with van der Waals surface area (Å²) in [6, 6.07) is 3.63. The number of hydrogen-bond acceptors (Lipinski definition) is 4. The van der Waals surface area contributed by atoms with Gasteiger partial charge in [0.1, 0.15) is 6.10 Å². The van der Waals surface area contributed by atoms with Gasteiger partial charge in [-0.05, 0) is 33.8 Å². The van der Waals surface area contributed by atoms with Crippen molar-refractivity contribution in [2.45, 2.75) is 45.8 Å². The van der Waals surface area contributed by atoms with Crippen molar-refractivity contribution >= 4 is 6.03 Å². The van der Waals surface area contributed by atoms with Gasteiger partial charge in [0.2, 0.25) is 5.88 Å². The maximum Gasteiger partial charge on any atom is 0.317 e. The van der Waals surface area contributed by atoms with Gasteiger partial charge in [-0.2, -0.15) is 5.10 Å². The fourth-order valence-corrected chi connectivity index (χ4v) is 2.03. The largest absolute Gasteiger partial charge is 0.471 e. The molecular weight excluding hydrogens is 256 g/mol. The topological polar surface area (TPSA) is 67.3 Å². The van der Waals surface area contributed by atoms with Gasteiger partial charge in [-0.25, -0.2) is 4.79 Å². The zero-order chi connectivity index (χ0) is 14.8. The highest BCUT2D eigenvalue weighted by Crippen LogP contribution is 2.16. The summed E-state index contributed by atoms with van der Waals surface area (Å²) in [5, 5.41) is 10.9. The fraction of sp³-hybridized carbons (Fsp3) is 0.643. The number of aryl methyl sites for hydroxylation is 1. The number of likely N-dealkylation sites (tertiary alicyclic amines) is 1. The third-order valence-electron chi connectivity index (χ3n) is 2.97. The Balaban J connectivity index is 1.86. The molecule has 1 aromatic rings. The molecule has 20 heavy (non-hydrogen) atoms. The second-order valence-corrected chi connectivity index (χ2v) is 6.17. The van der Waals surface area contributed by atoms with Crippen molar-refractivity contribution in [3.63, 3.8) is 0 Å². The van der Waals surface area contributed by atoms with Gasteiger partial charge in [-0.3, -0.25) is 0 Å². The van der Waals surface area contributed by atoms with Crippen LogP contribution in [0.1, 0.15) is 32.9 Å². The summed E-state index contributed by atoms with van der Waals surface area (Å²) in [6.07, 6.45) is 0.797. The van der Waals surface area contributed by atoms with Crippen LogP contribution in [-0.2, 0) is 0 Å². The lowest BCUT2D eigenvalue weighted by Crippen LogP contribution is -2.48. The molecule has 1 saturated heterocycles. The summed E-state index contributed by atoms with van der Waals surface area (Å²) in [5.74, 6) is 0.513. The number of carbonyl (C=O) groups excluding carboxylic acids is 1. The number of urea groups is 1. The minimum atomic E-state index is -0.224. The molecule has 0 bridgehead atoms. The molecule has 0 aromatic carbocycles. The van der Waals surface area contributed by atoms with Crippen LogP contribution < -0.4 is 10.1 Å². The summed E-state index contributed by atoms with van der Waals surface area (Å²) >= 11 is 0. The highest BCUT2D eigenvalue weighted by molar-refractivity contribution is 5.75. The molecule has 1 aliphatic rings. The molecule has 1 fully saturated rings. The second kappa shape index (κ2) is 5.64. The number of rotatable bonds is 2. The Kier molecular flexibility index (Phi) is 4.11. The molecule has 0 radical (unpaired) electrons. The lowest BCUT2D eigenvalue weighted by atomic mass is 10.1. The Morgan fingerprint density at radius 1 is 1.40 bits per heavy atom. The van der Waals surface area contributed by atoms with Gasteiger partial charge in [0, 0.05) is 24.6 Å². The molecule has 1 aromatic heterocycles. The molecule has 6 nitrogen and oxygen atoms in total.